The van der Waals surface area contributed by atoms with E-state index in [1.165, 1.54) is 18.5 Å². The third kappa shape index (κ3) is 3.50. The molecule has 0 unspecified atom stereocenters. The summed E-state index contributed by atoms with van der Waals surface area (Å²) in [6.45, 7) is 3.52. The van der Waals surface area contributed by atoms with Crippen molar-refractivity contribution in [2.75, 3.05) is 11.9 Å². The van der Waals surface area contributed by atoms with E-state index in [1.54, 1.807) is 0 Å². The molecule has 0 spiro atoms. The van der Waals surface area contributed by atoms with E-state index in [1.807, 2.05) is 30.7 Å². The van der Waals surface area contributed by atoms with Crippen LogP contribution in [0.4, 0.5) is 5.69 Å². The van der Waals surface area contributed by atoms with Gasteiger partial charge in [-0.1, -0.05) is 18.5 Å². The van der Waals surface area contributed by atoms with Crippen molar-refractivity contribution in [3.63, 3.8) is 0 Å². The number of nitrogens with one attached hydrogen (secondary N) is 1. The highest BCUT2D eigenvalue weighted by molar-refractivity contribution is 6.30. The van der Waals surface area contributed by atoms with Crippen molar-refractivity contribution in [2.24, 2.45) is 0 Å². The molecular weight excluding hydrogens is 286 g/mol. The standard InChI is InChI=1S/C16H20ClN3O/c1-2-7-21-16-6-3-12(17)8-15(16)19-10-14-9-18-11-20(14)13-4-5-13/h3,6,8-9,11,13,19H,2,4-5,7,10H2,1H3. The first-order valence-electron chi connectivity index (χ1n) is 7.45. The molecule has 3 rings (SSSR count). The molecule has 112 valence electrons. The molecule has 1 heterocycles. The molecule has 1 aromatic carbocycles. The average Bonchev–Trinajstić information content (AvgIpc) is 3.23. The fourth-order valence-corrected chi connectivity index (χ4v) is 2.49. The fraction of sp³-hybridized carbons (Fsp3) is 0.438. The number of aromatic nitrogens is 2. The van der Waals surface area contributed by atoms with Gasteiger partial charge in [-0.25, -0.2) is 4.98 Å². The van der Waals surface area contributed by atoms with Gasteiger partial charge in [0.2, 0.25) is 0 Å². The Morgan fingerprint density at radius 3 is 3.05 bits per heavy atom. The average molecular weight is 306 g/mol. The molecule has 0 aliphatic heterocycles. The normalized spacial score (nSPS) is 14.2. The van der Waals surface area contributed by atoms with Crippen LogP contribution < -0.4 is 10.1 Å². The van der Waals surface area contributed by atoms with Crippen molar-refractivity contribution in [3.8, 4) is 5.75 Å². The molecule has 5 heteroatoms. The Kier molecular flexibility index (Phi) is 4.34. The number of ether oxygens (including phenoxy) is 1. The zero-order chi connectivity index (χ0) is 14.7. The first kappa shape index (κ1) is 14.3. The molecule has 0 radical (unpaired) electrons. The molecule has 1 saturated carbocycles. The summed E-state index contributed by atoms with van der Waals surface area (Å²) in [7, 11) is 0. The van der Waals surface area contributed by atoms with Crippen LogP contribution in [0.15, 0.2) is 30.7 Å². The largest absolute Gasteiger partial charge is 0.491 e. The summed E-state index contributed by atoms with van der Waals surface area (Å²) >= 11 is 6.09. The number of hydrogen-bond donors (Lipinski definition) is 1. The lowest BCUT2D eigenvalue weighted by Crippen LogP contribution is -2.07. The van der Waals surface area contributed by atoms with Gasteiger partial charge in [-0.15, -0.1) is 0 Å². The van der Waals surface area contributed by atoms with Gasteiger partial charge in [0.25, 0.3) is 0 Å². The number of rotatable bonds is 7. The summed E-state index contributed by atoms with van der Waals surface area (Å²) < 4.78 is 8.01. The van der Waals surface area contributed by atoms with Crippen molar-refractivity contribution < 1.29 is 4.74 Å². The maximum Gasteiger partial charge on any atom is 0.142 e. The van der Waals surface area contributed by atoms with Gasteiger partial charge in [-0.3, -0.25) is 0 Å². The lowest BCUT2D eigenvalue weighted by Gasteiger charge is -2.14. The minimum absolute atomic E-state index is 0.638. The fourth-order valence-electron chi connectivity index (χ4n) is 2.31. The van der Waals surface area contributed by atoms with Crippen molar-refractivity contribution >= 4 is 17.3 Å². The third-order valence-corrected chi connectivity index (χ3v) is 3.78. The van der Waals surface area contributed by atoms with Crippen LogP contribution in [0.25, 0.3) is 0 Å². The number of anilines is 1. The van der Waals surface area contributed by atoms with Crippen molar-refractivity contribution in [1.29, 1.82) is 0 Å². The van der Waals surface area contributed by atoms with E-state index < -0.39 is 0 Å². The summed E-state index contributed by atoms with van der Waals surface area (Å²) in [5, 5.41) is 4.12. The first-order valence-corrected chi connectivity index (χ1v) is 7.82. The molecule has 2 aromatic rings. The minimum atomic E-state index is 0.638. The SMILES string of the molecule is CCCOc1ccc(Cl)cc1NCc1cncn1C1CC1. The molecular formula is C16H20ClN3O. The van der Waals surface area contributed by atoms with Crippen LogP contribution in [0.5, 0.6) is 5.75 Å². The predicted molar refractivity (Wildman–Crippen MR) is 85.1 cm³/mol. The van der Waals surface area contributed by atoms with Crippen LogP contribution in [-0.2, 0) is 6.54 Å². The quantitative estimate of drug-likeness (QED) is 0.830. The molecule has 1 fully saturated rings. The Morgan fingerprint density at radius 2 is 2.29 bits per heavy atom. The maximum atomic E-state index is 6.09. The molecule has 21 heavy (non-hydrogen) atoms. The Balaban J connectivity index is 1.71. The smallest absolute Gasteiger partial charge is 0.142 e. The third-order valence-electron chi connectivity index (χ3n) is 3.55. The van der Waals surface area contributed by atoms with Crippen LogP contribution in [0.3, 0.4) is 0 Å². The van der Waals surface area contributed by atoms with Crippen LogP contribution >= 0.6 is 11.6 Å². The first-order chi connectivity index (χ1) is 10.3. The molecule has 4 nitrogen and oxygen atoms in total. The van der Waals surface area contributed by atoms with Gasteiger partial charge < -0.3 is 14.6 Å². The Morgan fingerprint density at radius 1 is 1.43 bits per heavy atom. The van der Waals surface area contributed by atoms with Gasteiger partial charge in [0.05, 0.1) is 30.9 Å². The topological polar surface area (TPSA) is 39.1 Å². The van der Waals surface area contributed by atoms with Crippen LogP contribution in [0.1, 0.15) is 37.9 Å². The molecule has 1 aliphatic rings. The highest BCUT2D eigenvalue weighted by Gasteiger charge is 2.25. The lowest BCUT2D eigenvalue weighted by atomic mass is 10.2. The summed E-state index contributed by atoms with van der Waals surface area (Å²) in [5.74, 6) is 0.846. The zero-order valence-corrected chi connectivity index (χ0v) is 12.9. The zero-order valence-electron chi connectivity index (χ0n) is 12.2. The Bertz CT molecular complexity index is 607. The van der Waals surface area contributed by atoms with Gasteiger partial charge in [0.1, 0.15) is 5.75 Å². The van der Waals surface area contributed by atoms with E-state index in [0.29, 0.717) is 17.7 Å². The molecule has 1 N–H and O–H groups in total. The van der Waals surface area contributed by atoms with E-state index in [2.05, 4.69) is 21.8 Å². The molecule has 1 aliphatic carbocycles. The lowest BCUT2D eigenvalue weighted by molar-refractivity contribution is 0.319. The monoisotopic (exact) mass is 305 g/mol. The van der Waals surface area contributed by atoms with E-state index in [0.717, 1.165) is 24.4 Å². The van der Waals surface area contributed by atoms with Crippen LogP contribution in [-0.4, -0.2) is 16.2 Å². The van der Waals surface area contributed by atoms with Gasteiger partial charge in [-0.2, -0.15) is 0 Å². The molecule has 0 saturated heterocycles. The second kappa shape index (κ2) is 6.39. The van der Waals surface area contributed by atoms with Crippen molar-refractivity contribution in [1.82, 2.24) is 9.55 Å². The molecule has 0 atom stereocenters. The second-order valence-electron chi connectivity index (χ2n) is 5.37. The van der Waals surface area contributed by atoms with E-state index in [4.69, 9.17) is 16.3 Å². The minimum Gasteiger partial charge on any atom is -0.491 e. The van der Waals surface area contributed by atoms with E-state index >= 15 is 0 Å². The Labute approximate surface area is 130 Å². The summed E-state index contributed by atoms with van der Waals surface area (Å²) in [6.07, 6.45) is 7.33. The van der Waals surface area contributed by atoms with Crippen LogP contribution in [0.2, 0.25) is 5.02 Å². The number of nitrogens with zero attached hydrogens (tertiary/aromatic N) is 2. The predicted octanol–water partition coefficient (Wildman–Crippen LogP) is 4.27. The van der Waals surface area contributed by atoms with Crippen molar-refractivity contribution in [3.05, 3.63) is 41.4 Å². The highest BCUT2D eigenvalue weighted by Crippen LogP contribution is 2.36. The van der Waals surface area contributed by atoms with Gasteiger partial charge in [0, 0.05) is 17.3 Å². The molecule has 0 bridgehead atoms. The summed E-state index contributed by atoms with van der Waals surface area (Å²) in [5.41, 5.74) is 2.12. The number of hydrogen-bond acceptors (Lipinski definition) is 3. The van der Waals surface area contributed by atoms with Gasteiger partial charge in [-0.05, 0) is 37.5 Å². The number of imidazole rings is 1. The Hall–Kier alpha value is -1.68. The highest BCUT2D eigenvalue weighted by atomic mass is 35.5. The van der Waals surface area contributed by atoms with E-state index in [9.17, 15) is 0 Å². The second-order valence-corrected chi connectivity index (χ2v) is 5.80. The van der Waals surface area contributed by atoms with Gasteiger partial charge >= 0.3 is 0 Å². The summed E-state index contributed by atoms with van der Waals surface area (Å²) in [6, 6.07) is 6.31. The number of benzene rings is 1. The van der Waals surface area contributed by atoms with Gasteiger partial charge in [0.15, 0.2) is 0 Å². The maximum absolute atomic E-state index is 6.09. The van der Waals surface area contributed by atoms with Crippen LogP contribution in [0, 0.1) is 0 Å². The molecule has 0 amide bonds. The number of halogens is 1. The summed E-state index contributed by atoms with van der Waals surface area (Å²) in [4.78, 5) is 4.25. The van der Waals surface area contributed by atoms with Crippen molar-refractivity contribution in [2.45, 2.75) is 38.8 Å². The van der Waals surface area contributed by atoms with E-state index in [-0.39, 0.29) is 0 Å². The molecule has 1 aromatic heterocycles.